The zero-order valence-corrected chi connectivity index (χ0v) is 16.8. The molecule has 1 aliphatic rings. The number of methoxy groups -OCH3 is 1. The smallest absolute Gasteiger partial charge is 0.407 e. The molecule has 0 spiro atoms. The molecule has 0 aromatic heterocycles. The molecule has 1 aromatic carbocycles. The zero-order valence-electron chi connectivity index (χ0n) is 16.0. The fourth-order valence-electron chi connectivity index (χ4n) is 3.01. The van der Waals surface area contributed by atoms with Gasteiger partial charge in [-0.15, -0.1) is 0 Å². The fraction of sp³-hybridized carbons (Fsp3) is 0.579. The van der Waals surface area contributed by atoms with Crippen molar-refractivity contribution < 1.29 is 23.5 Å². The first-order valence-corrected chi connectivity index (χ1v) is 9.30. The highest BCUT2D eigenvalue weighted by Crippen LogP contribution is 2.30. The van der Waals surface area contributed by atoms with Crippen LogP contribution in [-0.2, 0) is 9.47 Å². The number of hydrogen-bond donors (Lipinski definition) is 2. The van der Waals surface area contributed by atoms with Gasteiger partial charge < -0.3 is 20.1 Å². The maximum absolute atomic E-state index is 14.0. The van der Waals surface area contributed by atoms with Crippen molar-refractivity contribution in [2.24, 2.45) is 0 Å². The van der Waals surface area contributed by atoms with Crippen molar-refractivity contribution in [3.63, 3.8) is 0 Å². The van der Waals surface area contributed by atoms with Crippen molar-refractivity contribution in [2.75, 3.05) is 12.4 Å². The lowest BCUT2D eigenvalue weighted by atomic mass is 9.91. The molecule has 150 valence electrons. The quantitative estimate of drug-likeness (QED) is 0.727. The van der Waals surface area contributed by atoms with Gasteiger partial charge in [0, 0.05) is 12.1 Å². The minimum absolute atomic E-state index is 0.0338. The topological polar surface area (TPSA) is 76.7 Å². The molecule has 1 saturated carbocycles. The Labute approximate surface area is 163 Å². The molecule has 0 aliphatic heterocycles. The van der Waals surface area contributed by atoms with Crippen LogP contribution in [-0.4, -0.2) is 36.9 Å². The Hall–Kier alpha value is -2.02. The number of alkyl carbamates (subject to hydrolysis) is 1. The molecule has 0 atom stereocenters. The summed E-state index contributed by atoms with van der Waals surface area (Å²) in [5, 5.41) is 6.01. The third kappa shape index (κ3) is 6.27. The van der Waals surface area contributed by atoms with Gasteiger partial charge in [0.15, 0.2) is 0 Å². The van der Waals surface area contributed by atoms with Crippen LogP contribution in [0.15, 0.2) is 12.1 Å². The van der Waals surface area contributed by atoms with E-state index < -0.39 is 23.5 Å². The van der Waals surface area contributed by atoms with Crippen LogP contribution in [0.5, 0.6) is 0 Å². The first kappa shape index (κ1) is 21.3. The normalized spacial score (nSPS) is 19.9. The molecule has 27 heavy (non-hydrogen) atoms. The monoisotopic (exact) mass is 400 g/mol. The average molecular weight is 401 g/mol. The lowest BCUT2D eigenvalue weighted by molar-refractivity contribution is 0.0491. The Morgan fingerprint density at radius 2 is 1.74 bits per heavy atom. The van der Waals surface area contributed by atoms with E-state index in [1.54, 1.807) is 0 Å². The summed E-state index contributed by atoms with van der Waals surface area (Å²) >= 11 is 6.03. The van der Waals surface area contributed by atoms with Gasteiger partial charge >= 0.3 is 12.1 Å². The Morgan fingerprint density at radius 3 is 2.30 bits per heavy atom. The Bertz CT molecular complexity index is 698. The second-order valence-corrected chi connectivity index (χ2v) is 8.03. The van der Waals surface area contributed by atoms with Crippen LogP contribution in [0.2, 0.25) is 5.02 Å². The summed E-state index contributed by atoms with van der Waals surface area (Å²) in [5.41, 5.74) is -0.0725. The molecule has 1 aromatic rings. The molecule has 0 unspecified atom stereocenters. The SMILES string of the molecule is COC(=O)c1cc(F)c(Cl)c(NC2CCC(NC(=O)OC(C)(C)C)CC2)c1. The molecule has 0 heterocycles. The van der Waals surface area contributed by atoms with Gasteiger partial charge in [-0.25, -0.2) is 14.0 Å². The van der Waals surface area contributed by atoms with E-state index in [2.05, 4.69) is 15.4 Å². The van der Waals surface area contributed by atoms with Gasteiger partial charge in [-0.2, -0.15) is 0 Å². The molecule has 2 rings (SSSR count). The summed E-state index contributed by atoms with van der Waals surface area (Å²) in [6.07, 6.45) is 2.62. The van der Waals surface area contributed by atoms with Crippen LogP contribution in [0.1, 0.15) is 56.8 Å². The maximum Gasteiger partial charge on any atom is 0.407 e. The van der Waals surface area contributed by atoms with Gasteiger partial charge in [0.2, 0.25) is 0 Å². The van der Waals surface area contributed by atoms with E-state index in [1.807, 2.05) is 20.8 Å². The molecule has 6 nitrogen and oxygen atoms in total. The molecular weight excluding hydrogens is 375 g/mol. The average Bonchev–Trinajstić information content (AvgIpc) is 2.58. The summed E-state index contributed by atoms with van der Waals surface area (Å²) in [6.45, 7) is 5.45. The molecule has 0 saturated heterocycles. The first-order valence-electron chi connectivity index (χ1n) is 8.92. The maximum atomic E-state index is 14.0. The predicted octanol–water partition coefficient (Wildman–Crippen LogP) is 4.51. The third-order valence-electron chi connectivity index (χ3n) is 4.26. The van der Waals surface area contributed by atoms with Gasteiger partial charge in [-0.05, 0) is 58.6 Å². The van der Waals surface area contributed by atoms with Crippen LogP contribution in [0, 0.1) is 5.82 Å². The van der Waals surface area contributed by atoms with Crippen LogP contribution < -0.4 is 10.6 Å². The Kier molecular flexibility index (Phi) is 6.92. The van der Waals surface area contributed by atoms with Gasteiger partial charge in [0.25, 0.3) is 0 Å². The van der Waals surface area contributed by atoms with E-state index in [0.29, 0.717) is 5.69 Å². The van der Waals surface area contributed by atoms with Crippen molar-refractivity contribution in [1.82, 2.24) is 5.32 Å². The van der Waals surface area contributed by atoms with Crippen LogP contribution in [0.25, 0.3) is 0 Å². The molecule has 0 radical (unpaired) electrons. The molecule has 1 fully saturated rings. The van der Waals surface area contributed by atoms with Crippen molar-refractivity contribution in [2.45, 2.75) is 64.1 Å². The third-order valence-corrected chi connectivity index (χ3v) is 4.64. The van der Waals surface area contributed by atoms with E-state index in [1.165, 1.54) is 13.2 Å². The summed E-state index contributed by atoms with van der Waals surface area (Å²) in [4.78, 5) is 23.5. The number of hydrogen-bond acceptors (Lipinski definition) is 5. The standard InChI is InChI=1S/C19H26ClFN2O4/c1-19(2,3)27-18(25)23-13-7-5-12(6-8-13)22-15-10-11(17(24)26-4)9-14(21)16(15)20/h9-10,12-13,22H,5-8H2,1-4H3,(H,23,25). The second kappa shape index (κ2) is 8.78. The lowest BCUT2D eigenvalue weighted by Gasteiger charge is -2.31. The molecule has 8 heteroatoms. The summed E-state index contributed by atoms with van der Waals surface area (Å²) in [7, 11) is 1.24. The van der Waals surface area contributed by atoms with Gasteiger partial charge in [-0.1, -0.05) is 11.6 Å². The van der Waals surface area contributed by atoms with E-state index in [9.17, 15) is 14.0 Å². The van der Waals surface area contributed by atoms with E-state index in [-0.39, 0.29) is 22.7 Å². The summed E-state index contributed by atoms with van der Waals surface area (Å²) in [5.74, 6) is -1.30. The van der Waals surface area contributed by atoms with Crippen LogP contribution in [0.3, 0.4) is 0 Å². The van der Waals surface area contributed by atoms with Crippen LogP contribution in [0.4, 0.5) is 14.9 Å². The highest BCUT2D eigenvalue weighted by atomic mass is 35.5. The number of anilines is 1. The fourth-order valence-corrected chi connectivity index (χ4v) is 3.17. The lowest BCUT2D eigenvalue weighted by Crippen LogP contribution is -2.42. The highest BCUT2D eigenvalue weighted by Gasteiger charge is 2.25. The molecule has 0 bridgehead atoms. The van der Waals surface area contributed by atoms with E-state index in [4.69, 9.17) is 16.3 Å². The van der Waals surface area contributed by atoms with Crippen molar-refractivity contribution >= 4 is 29.4 Å². The van der Waals surface area contributed by atoms with E-state index >= 15 is 0 Å². The first-order chi connectivity index (χ1) is 12.6. The Balaban J connectivity index is 1.93. The van der Waals surface area contributed by atoms with Crippen molar-refractivity contribution in [3.8, 4) is 0 Å². The summed E-state index contributed by atoms with van der Waals surface area (Å²) in [6, 6.07) is 2.64. The second-order valence-electron chi connectivity index (χ2n) is 7.65. The minimum Gasteiger partial charge on any atom is -0.465 e. The van der Waals surface area contributed by atoms with Gasteiger partial charge in [0.1, 0.15) is 11.4 Å². The largest absolute Gasteiger partial charge is 0.465 e. The van der Waals surface area contributed by atoms with Gasteiger partial charge in [0.05, 0.1) is 23.4 Å². The number of carbonyl (C=O) groups is 2. The number of rotatable bonds is 4. The van der Waals surface area contributed by atoms with Crippen LogP contribution >= 0.6 is 11.6 Å². The number of benzene rings is 1. The van der Waals surface area contributed by atoms with Gasteiger partial charge in [-0.3, -0.25) is 0 Å². The predicted molar refractivity (Wildman–Crippen MR) is 102 cm³/mol. The minimum atomic E-state index is -0.678. The van der Waals surface area contributed by atoms with Crippen molar-refractivity contribution in [3.05, 3.63) is 28.5 Å². The highest BCUT2D eigenvalue weighted by molar-refractivity contribution is 6.33. The summed E-state index contributed by atoms with van der Waals surface area (Å²) < 4.78 is 23.9. The number of halogens is 2. The number of amides is 1. The molecule has 2 N–H and O–H groups in total. The zero-order chi connectivity index (χ0) is 20.2. The molecular formula is C19H26ClFN2O4. The van der Waals surface area contributed by atoms with Crippen molar-refractivity contribution in [1.29, 1.82) is 0 Å². The molecule has 1 aliphatic carbocycles. The number of esters is 1. The number of nitrogens with one attached hydrogen (secondary N) is 2. The Morgan fingerprint density at radius 1 is 1.15 bits per heavy atom. The molecule has 1 amide bonds. The van der Waals surface area contributed by atoms with E-state index in [0.717, 1.165) is 31.7 Å². The number of ether oxygens (including phenoxy) is 2. The number of carbonyl (C=O) groups excluding carboxylic acids is 2.